The molecule has 0 unspecified atom stereocenters. The molecule has 1 amide bonds. The van der Waals surface area contributed by atoms with E-state index >= 15 is 0 Å². The van der Waals surface area contributed by atoms with Gasteiger partial charge in [-0.25, -0.2) is 4.98 Å². The number of carbonyl (C=O) groups excluding carboxylic acids is 1. The van der Waals surface area contributed by atoms with E-state index in [-0.39, 0.29) is 23.6 Å². The summed E-state index contributed by atoms with van der Waals surface area (Å²) >= 11 is 0. The molecule has 0 N–H and O–H groups in total. The van der Waals surface area contributed by atoms with E-state index in [1.807, 2.05) is 0 Å². The molecule has 5 nitrogen and oxygen atoms in total. The highest BCUT2D eigenvalue weighted by Crippen LogP contribution is 2.30. The van der Waals surface area contributed by atoms with E-state index in [2.05, 4.69) is 4.98 Å². The lowest BCUT2D eigenvalue weighted by Crippen LogP contribution is -2.55. The standard InChI is InChI=1S/C16H19F3N2O3/c17-16(18,19)10-24-13-6-3-7-20-14(13)15(22)21-8-9-23-12-5-2-1-4-11(12)21/h3,6-7,11-12H,1-2,4-5,8-10H2/t11-,12-/m1/s1. The molecule has 2 heterocycles. The van der Waals surface area contributed by atoms with Gasteiger partial charge in [-0.3, -0.25) is 4.79 Å². The third-order valence-electron chi connectivity index (χ3n) is 4.36. The normalized spacial score (nSPS) is 24.4. The second kappa shape index (κ2) is 6.96. The van der Waals surface area contributed by atoms with Gasteiger partial charge in [0.1, 0.15) is 0 Å². The molecule has 132 valence electrons. The second-order valence-electron chi connectivity index (χ2n) is 6.01. The first-order valence-electron chi connectivity index (χ1n) is 8.03. The molecule has 1 aliphatic heterocycles. The summed E-state index contributed by atoms with van der Waals surface area (Å²) in [6.45, 7) is -0.609. The minimum Gasteiger partial charge on any atom is -0.482 e. The van der Waals surface area contributed by atoms with E-state index in [0.717, 1.165) is 25.7 Å². The lowest BCUT2D eigenvalue weighted by molar-refractivity contribution is -0.153. The maximum absolute atomic E-state index is 12.8. The lowest BCUT2D eigenvalue weighted by atomic mass is 9.90. The van der Waals surface area contributed by atoms with Crippen molar-refractivity contribution in [3.05, 3.63) is 24.0 Å². The molecule has 1 aromatic heterocycles. The summed E-state index contributed by atoms with van der Waals surface area (Å²) in [5.41, 5.74) is -0.0760. The zero-order valence-electron chi connectivity index (χ0n) is 13.1. The van der Waals surface area contributed by atoms with E-state index in [1.165, 1.54) is 18.3 Å². The predicted molar refractivity (Wildman–Crippen MR) is 78.8 cm³/mol. The van der Waals surface area contributed by atoms with Crippen LogP contribution in [-0.4, -0.2) is 53.9 Å². The van der Waals surface area contributed by atoms with E-state index in [1.54, 1.807) is 4.90 Å². The minimum absolute atomic E-state index is 0.000272. The van der Waals surface area contributed by atoms with Crippen LogP contribution in [0.15, 0.2) is 18.3 Å². The van der Waals surface area contributed by atoms with Crippen molar-refractivity contribution < 1.29 is 27.4 Å². The third-order valence-corrected chi connectivity index (χ3v) is 4.36. The Bertz CT molecular complexity index is 592. The molecule has 24 heavy (non-hydrogen) atoms. The molecule has 3 rings (SSSR count). The summed E-state index contributed by atoms with van der Waals surface area (Å²) < 4.78 is 47.7. The molecular weight excluding hydrogens is 325 g/mol. The number of nitrogens with zero attached hydrogens (tertiary/aromatic N) is 2. The van der Waals surface area contributed by atoms with Crippen molar-refractivity contribution in [1.29, 1.82) is 0 Å². The molecule has 1 aliphatic carbocycles. The largest absolute Gasteiger partial charge is 0.482 e. The van der Waals surface area contributed by atoms with Crippen molar-refractivity contribution in [1.82, 2.24) is 9.88 Å². The van der Waals surface area contributed by atoms with Crippen LogP contribution in [0.3, 0.4) is 0 Å². The number of fused-ring (bicyclic) bond motifs is 1. The summed E-state index contributed by atoms with van der Waals surface area (Å²) in [5, 5.41) is 0. The maximum Gasteiger partial charge on any atom is 0.422 e. The van der Waals surface area contributed by atoms with E-state index in [0.29, 0.717) is 13.2 Å². The number of aromatic nitrogens is 1. The van der Waals surface area contributed by atoms with Crippen molar-refractivity contribution in [3.63, 3.8) is 0 Å². The Kier molecular flexibility index (Phi) is 4.93. The van der Waals surface area contributed by atoms with Crippen LogP contribution in [0.2, 0.25) is 0 Å². The Labute approximate surface area is 137 Å². The van der Waals surface area contributed by atoms with E-state index in [4.69, 9.17) is 9.47 Å². The Morgan fingerprint density at radius 3 is 2.96 bits per heavy atom. The van der Waals surface area contributed by atoms with Gasteiger partial charge in [0.25, 0.3) is 5.91 Å². The topological polar surface area (TPSA) is 51.7 Å². The predicted octanol–water partition coefficient (Wildman–Crippen LogP) is 2.81. The number of amides is 1. The molecule has 2 atom stereocenters. The van der Waals surface area contributed by atoms with Crippen LogP contribution in [0.5, 0.6) is 5.75 Å². The summed E-state index contributed by atoms with van der Waals surface area (Å²) in [4.78, 5) is 18.5. The highest BCUT2D eigenvalue weighted by Gasteiger charge is 2.38. The number of hydrogen-bond donors (Lipinski definition) is 0. The molecule has 1 saturated heterocycles. The Morgan fingerprint density at radius 2 is 2.17 bits per heavy atom. The Balaban J connectivity index is 1.79. The first-order chi connectivity index (χ1) is 11.5. The fourth-order valence-corrected chi connectivity index (χ4v) is 3.31. The van der Waals surface area contributed by atoms with Crippen molar-refractivity contribution in [2.45, 2.75) is 44.0 Å². The molecule has 1 aromatic rings. The van der Waals surface area contributed by atoms with Gasteiger partial charge in [-0.05, 0) is 25.0 Å². The summed E-state index contributed by atoms with van der Waals surface area (Å²) in [7, 11) is 0. The second-order valence-corrected chi connectivity index (χ2v) is 6.01. The van der Waals surface area contributed by atoms with Crippen LogP contribution < -0.4 is 4.74 Å². The third kappa shape index (κ3) is 3.80. The van der Waals surface area contributed by atoms with Crippen LogP contribution in [0.25, 0.3) is 0 Å². The number of morpholine rings is 1. The fourth-order valence-electron chi connectivity index (χ4n) is 3.31. The number of carbonyl (C=O) groups is 1. The zero-order chi connectivity index (χ0) is 17.2. The van der Waals surface area contributed by atoms with Crippen LogP contribution in [0.1, 0.15) is 36.2 Å². The number of alkyl halides is 3. The molecular formula is C16H19F3N2O3. The highest BCUT2D eigenvalue weighted by molar-refractivity contribution is 5.95. The first-order valence-corrected chi connectivity index (χ1v) is 8.03. The fraction of sp³-hybridized carbons (Fsp3) is 0.625. The minimum atomic E-state index is -4.47. The van der Waals surface area contributed by atoms with Gasteiger partial charge in [-0.15, -0.1) is 0 Å². The van der Waals surface area contributed by atoms with Crippen LogP contribution in [-0.2, 0) is 4.74 Å². The van der Waals surface area contributed by atoms with E-state index < -0.39 is 18.7 Å². The smallest absolute Gasteiger partial charge is 0.422 e. The number of hydrogen-bond acceptors (Lipinski definition) is 4. The maximum atomic E-state index is 12.8. The van der Waals surface area contributed by atoms with Gasteiger partial charge in [-0.1, -0.05) is 12.8 Å². The van der Waals surface area contributed by atoms with Gasteiger partial charge < -0.3 is 14.4 Å². The number of ether oxygens (including phenoxy) is 2. The van der Waals surface area contributed by atoms with E-state index in [9.17, 15) is 18.0 Å². The highest BCUT2D eigenvalue weighted by atomic mass is 19.4. The average molecular weight is 344 g/mol. The molecule has 0 aromatic carbocycles. The van der Waals surface area contributed by atoms with Gasteiger partial charge in [-0.2, -0.15) is 13.2 Å². The molecule has 1 saturated carbocycles. The quantitative estimate of drug-likeness (QED) is 0.846. The average Bonchev–Trinajstić information content (AvgIpc) is 2.58. The summed E-state index contributed by atoms with van der Waals surface area (Å²) in [6, 6.07) is 2.74. The number of rotatable bonds is 3. The van der Waals surface area contributed by atoms with Crippen LogP contribution >= 0.6 is 0 Å². The van der Waals surface area contributed by atoms with Crippen molar-refractivity contribution in [3.8, 4) is 5.75 Å². The van der Waals surface area contributed by atoms with Crippen molar-refractivity contribution in [2.24, 2.45) is 0 Å². The number of pyridine rings is 1. The number of halogens is 3. The summed E-state index contributed by atoms with van der Waals surface area (Å²) in [6.07, 6.45) is 0.715. The Hall–Kier alpha value is -1.83. The van der Waals surface area contributed by atoms with Gasteiger partial charge in [0, 0.05) is 12.7 Å². The summed E-state index contributed by atoms with van der Waals surface area (Å²) in [5.74, 6) is -0.536. The molecule has 8 heteroatoms. The van der Waals surface area contributed by atoms with Crippen molar-refractivity contribution in [2.75, 3.05) is 19.8 Å². The van der Waals surface area contributed by atoms with Crippen LogP contribution in [0, 0.1) is 0 Å². The van der Waals surface area contributed by atoms with Gasteiger partial charge in [0.2, 0.25) is 0 Å². The Morgan fingerprint density at radius 1 is 1.38 bits per heavy atom. The first kappa shape index (κ1) is 17.0. The molecule has 0 spiro atoms. The SMILES string of the molecule is O=C(c1ncccc1OCC(F)(F)F)N1CCO[C@@H]2CCCC[C@H]21. The van der Waals surface area contributed by atoms with Gasteiger partial charge in [0.05, 0.1) is 18.8 Å². The van der Waals surface area contributed by atoms with Gasteiger partial charge >= 0.3 is 6.18 Å². The molecule has 0 radical (unpaired) electrons. The molecule has 2 fully saturated rings. The lowest BCUT2D eigenvalue weighted by Gasteiger charge is -2.43. The van der Waals surface area contributed by atoms with Crippen molar-refractivity contribution >= 4 is 5.91 Å². The molecule has 0 bridgehead atoms. The zero-order valence-corrected chi connectivity index (χ0v) is 13.1. The van der Waals surface area contributed by atoms with Gasteiger partial charge in [0.15, 0.2) is 18.1 Å². The monoisotopic (exact) mass is 344 g/mol. The molecule has 2 aliphatic rings. The van der Waals surface area contributed by atoms with Crippen LogP contribution in [0.4, 0.5) is 13.2 Å².